The van der Waals surface area contributed by atoms with Gasteiger partial charge in [-0.05, 0) is 18.8 Å². The van der Waals surface area contributed by atoms with Gasteiger partial charge in [0.1, 0.15) is 0 Å². The minimum absolute atomic E-state index is 0.00676. The summed E-state index contributed by atoms with van der Waals surface area (Å²) < 4.78 is 0. The first-order chi connectivity index (χ1) is 5.25. The first-order valence-corrected chi connectivity index (χ1v) is 4.01. The van der Waals surface area contributed by atoms with Gasteiger partial charge in [-0.2, -0.15) is 0 Å². The summed E-state index contributed by atoms with van der Waals surface area (Å²) in [5.74, 6) is 1.97. The maximum atomic E-state index is 11.1. The van der Waals surface area contributed by atoms with Crippen molar-refractivity contribution in [2.45, 2.75) is 31.7 Å². The molecule has 0 radical (unpaired) electrons. The standard InChI is InChI=1S/C9H13NO/c1-2-9(11)7-5-3-4-6-8(7)10/h1,7-8H,3-6,10H2/t7-,8+/m0/s1. The fraction of sp³-hybridized carbons (Fsp3) is 0.667. The predicted molar refractivity (Wildman–Crippen MR) is 43.8 cm³/mol. The highest BCUT2D eigenvalue weighted by Gasteiger charge is 2.26. The third kappa shape index (κ3) is 1.81. The number of rotatable bonds is 1. The van der Waals surface area contributed by atoms with Gasteiger partial charge in [-0.3, -0.25) is 4.79 Å². The van der Waals surface area contributed by atoms with E-state index in [0.29, 0.717) is 0 Å². The molecule has 1 aliphatic carbocycles. The molecule has 1 aliphatic rings. The normalized spacial score (nSPS) is 30.9. The summed E-state index contributed by atoms with van der Waals surface area (Å²) in [7, 11) is 0. The van der Waals surface area contributed by atoms with Gasteiger partial charge in [0.05, 0.1) is 0 Å². The van der Waals surface area contributed by atoms with E-state index in [4.69, 9.17) is 12.2 Å². The Bertz CT molecular complexity index is 192. The molecule has 0 aliphatic heterocycles. The Labute approximate surface area is 67.2 Å². The van der Waals surface area contributed by atoms with E-state index < -0.39 is 0 Å². The van der Waals surface area contributed by atoms with E-state index in [0.717, 1.165) is 25.7 Å². The monoisotopic (exact) mass is 151 g/mol. The van der Waals surface area contributed by atoms with Gasteiger partial charge in [0, 0.05) is 12.0 Å². The van der Waals surface area contributed by atoms with E-state index in [9.17, 15) is 4.79 Å². The highest BCUT2D eigenvalue weighted by Crippen LogP contribution is 2.23. The van der Waals surface area contributed by atoms with Crippen molar-refractivity contribution >= 4 is 5.78 Å². The van der Waals surface area contributed by atoms with Crippen LogP contribution in [-0.4, -0.2) is 11.8 Å². The van der Waals surface area contributed by atoms with Crippen LogP contribution < -0.4 is 5.73 Å². The lowest BCUT2D eigenvalue weighted by Crippen LogP contribution is -2.37. The summed E-state index contributed by atoms with van der Waals surface area (Å²) in [4.78, 5) is 11.1. The zero-order valence-electron chi connectivity index (χ0n) is 6.55. The van der Waals surface area contributed by atoms with Gasteiger partial charge >= 0.3 is 0 Å². The van der Waals surface area contributed by atoms with Crippen LogP contribution in [0.4, 0.5) is 0 Å². The molecule has 0 amide bonds. The van der Waals surface area contributed by atoms with Crippen molar-refractivity contribution in [2.75, 3.05) is 0 Å². The van der Waals surface area contributed by atoms with E-state index >= 15 is 0 Å². The van der Waals surface area contributed by atoms with Crippen molar-refractivity contribution in [2.24, 2.45) is 11.7 Å². The van der Waals surface area contributed by atoms with Gasteiger partial charge in [-0.25, -0.2) is 0 Å². The van der Waals surface area contributed by atoms with Crippen molar-refractivity contribution in [1.29, 1.82) is 0 Å². The minimum atomic E-state index is -0.114. The topological polar surface area (TPSA) is 43.1 Å². The number of hydrogen-bond acceptors (Lipinski definition) is 2. The second kappa shape index (κ2) is 3.54. The summed E-state index contributed by atoms with van der Waals surface area (Å²) in [5, 5.41) is 0. The fourth-order valence-corrected chi connectivity index (χ4v) is 1.59. The summed E-state index contributed by atoms with van der Waals surface area (Å²) in [6, 6.07) is 0.00676. The Morgan fingerprint density at radius 1 is 1.45 bits per heavy atom. The zero-order chi connectivity index (χ0) is 8.27. The molecule has 11 heavy (non-hydrogen) atoms. The number of hydrogen-bond donors (Lipinski definition) is 1. The van der Waals surface area contributed by atoms with Crippen molar-refractivity contribution in [1.82, 2.24) is 0 Å². The van der Waals surface area contributed by atoms with Gasteiger partial charge in [0.15, 0.2) is 0 Å². The third-order valence-corrected chi connectivity index (χ3v) is 2.30. The molecular weight excluding hydrogens is 138 g/mol. The molecule has 0 aromatic heterocycles. The van der Waals surface area contributed by atoms with Crippen LogP contribution >= 0.6 is 0 Å². The SMILES string of the molecule is C#CC(=O)[C@H]1CCCC[C@H]1N. The molecule has 2 heteroatoms. The van der Waals surface area contributed by atoms with E-state index in [1.54, 1.807) is 0 Å². The number of ketones is 1. The van der Waals surface area contributed by atoms with Gasteiger partial charge in [0.25, 0.3) is 0 Å². The molecule has 2 atom stereocenters. The third-order valence-electron chi connectivity index (χ3n) is 2.30. The van der Waals surface area contributed by atoms with Crippen molar-refractivity contribution in [3.8, 4) is 12.3 Å². The Balaban J connectivity index is 2.56. The summed E-state index contributed by atoms with van der Waals surface area (Å²) in [6.45, 7) is 0. The van der Waals surface area contributed by atoms with Crippen molar-refractivity contribution in [3.05, 3.63) is 0 Å². The molecule has 1 rings (SSSR count). The van der Waals surface area contributed by atoms with Gasteiger partial charge < -0.3 is 5.73 Å². The molecule has 1 saturated carbocycles. The molecule has 0 aromatic rings. The molecular formula is C9H13NO. The smallest absolute Gasteiger partial charge is 0.209 e. The van der Waals surface area contributed by atoms with Crippen LogP contribution in [0.2, 0.25) is 0 Å². The van der Waals surface area contributed by atoms with Crippen LogP contribution in [0.15, 0.2) is 0 Å². The summed E-state index contributed by atoms with van der Waals surface area (Å²) in [5.41, 5.74) is 5.74. The molecule has 0 bridgehead atoms. The first-order valence-electron chi connectivity index (χ1n) is 4.01. The molecule has 0 spiro atoms. The van der Waals surface area contributed by atoms with E-state index in [-0.39, 0.29) is 17.7 Å². The first kappa shape index (κ1) is 8.29. The minimum Gasteiger partial charge on any atom is -0.327 e. The quantitative estimate of drug-likeness (QED) is 0.443. The second-order valence-electron chi connectivity index (χ2n) is 3.06. The lowest BCUT2D eigenvalue weighted by molar-refractivity contribution is -0.118. The van der Waals surface area contributed by atoms with Gasteiger partial charge in [-0.1, -0.05) is 12.8 Å². The number of carbonyl (C=O) groups excluding carboxylic acids is 1. The molecule has 2 N–H and O–H groups in total. The second-order valence-corrected chi connectivity index (χ2v) is 3.06. The van der Waals surface area contributed by atoms with Crippen LogP contribution in [0, 0.1) is 18.3 Å². The number of terminal acetylenes is 1. The van der Waals surface area contributed by atoms with Crippen molar-refractivity contribution in [3.63, 3.8) is 0 Å². The molecule has 60 valence electrons. The van der Waals surface area contributed by atoms with E-state index in [2.05, 4.69) is 5.92 Å². The summed E-state index contributed by atoms with van der Waals surface area (Å²) >= 11 is 0. The predicted octanol–water partition coefficient (Wildman–Crippen LogP) is 0.706. The molecule has 1 fully saturated rings. The van der Waals surface area contributed by atoms with Crippen LogP contribution in [-0.2, 0) is 4.79 Å². The van der Waals surface area contributed by atoms with Crippen molar-refractivity contribution < 1.29 is 4.79 Å². The van der Waals surface area contributed by atoms with Crippen LogP contribution in [0.1, 0.15) is 25.7 Å². The molecule has 0 saturated heterocycles. The Morgan fingerprint density at radius 3 is 2.64 bits per heavy atom. The van der Waals surface area contributed by atoms with E-state index in [1.807, 2.05) is 0 Å². The number of nitrogens with two attached hydrogens (primary N) is 1. The highest BCUT2D eigenvalue weighted by molar-refractivity contribution is 5.97. The molecule has 0 aromatic carbocycles. The highest BCUT2D eigenvalue weighted by atomic mass is 16.1. The molecule has 0 unspecified atom stereocenters. The lowest BCUT2D eigenvalue weighted by atomic mass is 9.82. The Kier molecular flexibility index (Phi) is 2.67. The van der Waals surface area contributed by atoms with Gasteiger partial charge in [0.2, 0.25) is 5.78 Å². The molecule has 2 nitrogen and oxygen atoms in total. The number of carbonyl (C=O) groups is 1. The molecule has 0 heterocycles. The van der Waals surface area contributed by atoms with Crippen LogP contribution in [0.25, 0.3) is 0 Å². The van der Waals surface area contributed by atoms with Crippen LogP contribution in [0.5, 0.6) is 0 Å². The van der Waals surface area contributed by atoms with Gasteiger partial charge in [-0.15, -0.1) is 6.42 Å². The average molecular weight is 151 g/mol. The number of Topliss-reactive ketones (excluding diaryl/α,β-unsaturated/α-hetero) is 1. The van der Waals surface area contributed by atoms with E-state index in [1.165, 1.54) is 0 Å². The van der Waals surface area contributed by atoms with Crippen LogP contribution in [0.3, 0.4) is 0 Å². The Morgan fingerprint density at radius 2 is 2.09 bits per heavy atom. The largest absolute Gasteiger partial charge is 0.327 e. The maximum Gasteiger partial charge on any atom is 0.209 e. The average Bonchev–Trinajstić information content (AvgIpc) is 2.04. The Hall–Kier alpha value is -0.810. The summed E-state index contributed by atoms with van der Waals surface area (Å²) in [6.07, 6.45) is 9.06. The lowest BCUT2D eigenvalue weighted by Gasteiger charge is -2.25. The fourth-order valence-electron chi connectivity index (χ4n) is 1.59. The zero-order valence-corrected chi connectivity index (χ0v) is 6.55. The maximum absolute atomic E-state index is 11.1.